The van der Waals surface area contributed by atoms with Crippen LogP contribution in [0.3, 0.4) is 0 Å². The van der Waals surface area contributed by atoms with Gasteiger partial charge in [-0.25, -0.2) is 0 Å². The lowest BCUT2D eigenvalue weighted by Gasteiger charge is -2.07. The highest BCUT2D eigenvalue weighted by Crippen LogP contribution is 2.44. The minimum atomic E-state index is 0.0365. The molecule has 0 spiro atoms. The number of allylic oxidation sites excluding steroid dienone is 1. The number of nitrogens with zero attached hydrogens (tertiary/aromatic N) is 1. The molecule has 0 aromatic carbocycles. The molecule has 0 bridgehead atoms. The Morgan fingerprint density at radius 2 is 2.40 bits per heavy atom. The van der Waals surface area contributed by atoms with Gasteiger partial charge in [-0.1, -0.05) is 11.6 Å². The molecule has 1 heterocycles. The lowest BCUT2D eigenvalue weighted by atomic mass is 10.1. The van der Waals surface area contributed by atoms with E-state index < -0.39 is 0 Å². The summed E-state index contributed by atoms with van der Waals surface area (Å²) in [7, 11) is 1.59. The molecule has 1 aliphatic carbocycles. The summed E-state index contributed by atoms with van der Waals surface area (Å²) in [5.41, 5.74) is 1.46. The molecule has 0 radical (unpaired) electrons. The first-order chi connectivity index (χ1) is 7.24. The Morgan fingerprint density at radius 1 is 1.67 bits per heavy atom. The van der Waals surface area contributed by atoms with Crippen molar-refractivity contribution in [2.75, 3.05) is 7.11 Å². The molecule has 1 saturated carbocycles. The highest BCUT2D eigenvalue weighted by molar-refractivity contribution is 6.32. The zero-order chi connectivity index (χ0) is 10.8. The van der Waals surface area contributed by atoms with Crippen LogP contribution in [0.4, 0.5) is 0 Å². The van der Waals surface area contributed by atoms with E-state index in [-0.39, 0.29) is 5.75 Å². The van der Waals surface area contributed by atoms with Gasteiger partial charge in [-0.05, 0) is 24.8 Å². The third kappa shape index (κ3) is 2.07. The molecule has 1 fully saturated rings. The van der Waals surface area contributed by atoms with Gasteiger partial charge in [0.2, 0.25) is 0 Å². The van der Waals surface area contributed by atoms with Crippen LogP contribution in [0.1, 0.15) is 18.5 Å². The van der Waals surface area contributed by atoms with Crippen LogP contribution < -0.4 is 0 Å². The van der Waals surface area contributed by atoms with Crippen molar-refractivity contribution in [3.8, 4) is 5.75 Å². The molecule has 0 aliphatic heterocycles. The third-order valence-corrected chi connectivity index (χ3v) is 2.72. The van der Waals surface area contributed by atoms with Crippen molar-refractivity contribution in [2.24, 2.45) is 5.92 Å². The van der Waals surface area contributed by atoms with Crippen LogP contribution in [0.15, 0.2) is 18.5 Å². The average molecular weight is 226 g/mol. The SMILES string of the molecule is CO/C=C(\c1nccc(Cl)c1O)C1CC1. The molecule has 2 rings (SSSR count). The van der Waals surface area contributed by atoms with Crippen LogP contribution in [0.2, 0.25) is 5.02 Å². The van der Waals surface area contributed by atoms with Crippen LogP contribution in [0.5, 0.6) is 5.75 Å². The fraction of sp³-hybridized carbons (Fsp3) is 0.364. The third-order valence-electron chi connectivity index (χ3n) is 2.41. The van der Waals surface area contributed by atoms with Crippen molar-refractivity contribution in [2.45, 2.75) is 12.8 Å². The van der Waals surface area contributed by atoms with Crippen molar-refractivity contribution in [1.29, 1.82) is 0 Å². The van der Waals surface area contributed by atoms with Crippen molar-refractivity contribution >= 4 is 17.2 Å². The number of halogens is 1. The zero-order valence-electron chi connectivity index (χ0n) is 8.40. The Hall–Kier alpha value is -1.22. The maximum atomic E-state index is 9.78. The van der Waals surface area contributed by atoms with Gasteiger partial charge in [0, 0.05) is 11.8 Å². The molecule has 15 heavy (non-hydrogen) atoms. The molecule has 1 aromatic heterocycles. The Balaban J connectivity index is 2.41. The number of aromatic hydroxyl groups is 1. The molecule has 3 nitrogen and oxygen atoms in total. The van der Waals surface area contributed by atoms with Crippen LogP contribution in [-0.2, 0) is 4.74 Å². The average Bonchev–Trinajstić information content (AvgIpc) is 3.03. The molecule has 1 aliphatic rings. The van der Waals surface area contributed by atoms with E-state index in [0.29, 0.717) is 16.6 Å². The standard InChI is InChI=1S/C11H12ClNO2/c1-15-6-8(7-2-3-7)10-11(14)9(12)4-5-13-10/h4-7,14H,2-3H2,1H3/b8-6-. The maximum Gasteiger partial charge on any atom is 0.160 e. The summed E-state index contributed by atoms with van der Waals surface area (Å²) in [6.45, 7) is 0. The number of methoxy groups -OCH3 is 1. The second-order valence-corrected chi connectivity index (χ2v) is 3.98. The summed E-state index contributed by atoms with van der Waals surface area (Å²) in [6.07, 6.45) is 5.45. The van der Waals surface area contributed by atoms with E-state index in [4.69, 9.17) is 16.3 Å². The zero-order valence-corrected chi connectivity index (χ0v) is 9.16. The van der Waals surface area contributed by atoms with E-state index in [1.54, 1.807) is 25.6 Å². The first-order valence-corrected chi connectivity index (χ1v) is 5.18. The van der Waals surface area contributed by atoms with Gasteiger partial charge < -0.3 is 9.84 Å². The first-order valence-electron chi connectivity index (χ1n) is 4.80. The molecule has 0 unspecified atom stereocenters. The van der Waals surface area contributed by atoms with E-state index >= 15 is 0 Å². The van der Waals surface area contributed by atoms with Gasteiger partial charge in [-0.15, -0.1) is 0 Å². The molecule has 0 saturated heterocycles. The molecule has 4 heteroatoms. The Labute approximate surface area is 93.4 Å². The second kappa shape index (κ2) is 4.11. The number of pyridine rings is 1. The molecular weight excluding hydrogens is 214 g/mol. The van der Waals surface area contributed by atoms with Crippen molar-refractivity contribution in [1.82, 2.24) is 4.98 Å². The van der Waals surface area contributed by atoms with Crippen LogP contribution in [-0.4, -0.2) is 17.2 Å². The number of hydrogen-bond acceptors (Lipinski definition) is 3. The van der Waals surface area contributed by atoms with Crippen LogP contribution in [0, 0.1) is 5.92 Å². The van der Waals surface area contributed by atoms with E-state index in [1.165, 1.54) is 0 Å². The van der Waals surface area contributed by atoms with Gasteiger partial charge in [-0.2, -0.15) is 0 Å². The van der Waals surface area contributed by atoms with Crippen molar-refractivity contribution in [3.63, 3.8) is 0 Å². The normalized spacial score (nSPS) is 16.5. The van der Waals surface area contributed by atoms with Gasteiger partial charge >= 0.3 is 0 Å². The molecule has 0 atom stereocenters. The number of rotatable bonds is 3. The van der Waals surface area contributed by atoms with Gasteiger partial charge in [0.1, 0.15) is 5.69 Å². The van der Waals surface area contributed by atoms with Gasteiger partial charge in [0.15, 0.2) is 5.75 Å². The minimum absolute atomic E-state index is 0.0365. The second-order valence-electron chi connectivity index (χ2n) is 3.57. The van der Waals surface area contributed by atoms with Gasteiger partial charge in [-0.3, -0.25) is 4.98 Å². The van der Waals surface area contributed by atoms with Gasteiger partial charge in [0.05, 0.1) is 18.4 Å². The largest absolute Gasteiger partial charge is 0.504 e. The Morgan fingerprint density at radius 3 is 3.00 bits per heavy atom. The summed E-state index contributed by atoms with van der Waals surface area (Å²) in [6, 6.07) is 1.57. The smallest absolute Gasteiger partial charge is 0.160 e. The lowest BCUT2D eigenvalue weighted by molar-refractivity contribution is 0.338. The minimum Gasteiger partial charge on any atom is -0.504 e. The maximum absolute atomic E-state index is 9.78. The first kappa shape index (κ1) is 10.3. The Bertz CT molecular complexity index is 400. The lowest BCUT2D eigenvalue weighted by Crippen LogP contribution is -1.93. The number of aromatic nitrogens is 1. The summed E-state index contributed by atoms with van der Waals surface area (Å²) >= 11 is 5.83. The quantitative estimate of drug-likeness (QED) is 0.805. The highest BCUT2D eigenvalue weighted by Gasteiger charge is 2.30. The predicted molar refractivity (Wildman–Crippen MR) is 58.6 cm³/mol. The number of hydrogen-bond donors (Lipinski definition) is 1. The molecule has 1 aromatic rings. The topological polar surface area (TPSA) is 42.4 Å². The predicted octanol–water partition coefficient (Wildman–Crippen LogP) is 2.84. The monoisotopic (exact) mass is 225 g/mol. The fourth-order valence-corrected chi connectivity index (χ4v) is 1.65. The molecular formula is C11H12ClNO2. The Kier molecular flexibility index (Phi) is 2.82. The highest BCUT2D eigenvalue weighted by atomic mass is 35.5. The summed E-state index contributed by atoms with van der Waals surface area (Å²) in [5.74, 6) is 0.483. The van der Waals surface area contributed by atoms with E-state index in [9.17, 15) is 5.11 Å². The van der Waals surface area contributed by atoms with Crippen LogP contribution in [0.25, 0.3) is 5.57 Å². The van der Waals surface area contributed by atoms with E-state index in [0.717, 1.165) is 18.4 Å². The molecule has 1 N–H and O–H groups in total. The van der Waals surface area contributed by atoms with Crippen LogP contribution >= 0.6 is 11.6 Å². The van der Waals surface area contributed by atoms with Crippen molar-refractivity contribution in [3.05, 3.63) is 29.2 Å². The van der Waals surface area contributed by atoms with E-state index in [1.807, 2.05) is 0 Å². The van der Waals surface area contributed by atoms with E-state index in [2.05, 4.69) is 4.98 Å². The summed E-state index contributed by atoms with van der Waals surface area (Å²) in [4.78, 5) is 4.14. The van der Waals surface area contributed by atoms with Crippen molar-refractivity contribution < 1.29 is 9.84 Å². The summed E-state index contributed by atoms with van der Waals surface area (Å²) in [5, 5.41) is 10.1. The molecule has 0 amide bonds. The summed E-state index contributed by atoms with van der Waals surface area (Å²) < 4.78 is 5.00. The van der Waals surface area contributed by atoms with Gasteiger partial charge in [0.25, 0.3) is 0 Å². The molecule has 80 valence electrons. The number of ether oxygens (including phenoxy) is 1. The fourth-order valence-electron chi connectivity index (χ4n) is 1.51.